The summed E-state index contributed by atoms with van der Waals surface area (Å²) in [4.78, 5) is 19.7. The maximum absolute atomic E-state index is 12.8. The Morgan fingerprint density at radius 2 is 1.78 bits per heavy atom. The van der Waals surface area contributed by atoms with E-state index in [-0.39, 0.29) is 17.8 Å². The zero-order chi connectivity index (χ0) is 22.5. The summed E-state index contributed by atoms with van der Waals surface area (Å²) in [5.41, 5.74) is 3.36. The van der Waals surface area contributed by atoms with Crippen LogP contribution >= 0.6 is 0 Å². The minimum absolute atomic E-state index is 0.0120. The van der Waals surface area contributed by atoms with Crippen LogP contribution < -0.4 is 9.47 Å². The lowest BCUT2D eigenvalue weighted by atomic mass is 10.1. The van der Waals surface area contributed by atoms with E-state index in [4.69, 9.17) is 9.47 Å². The van der Waals surface area contributed by atoms with Gasteiger partial charge < -0.3 is 9.47 Å². The van der Waals surface area contributed by atoms with Crippen molar-refractivity contribution in [3.63, 3.8) is 0 Å². The molecule has 0 spiro atoms. The summed E-state index contributed by atoms with van der Waals surface area (Å²) in [6.45, 7) is 0. The van der Waals surface area contributed by atoms with Gasteiger partial charge in [-0.15, -0.1) is 0 Å². The molecule has 0 amide bonds. The van der Waals surface area contributed by atoms with Crippen LogP contribution in [0.5, 0.6) is 11.9 Å². The van der Waals surface area contributed by atoms with E-state index in [0.717, 1.165) is 12.0 Å². The molecular weight excluding hydrogens is 427 g/mol. The van der Waals surface area contributed by atoms with Crippen molar-refractivity contribution in [2.75, 3.05) is 14.2 Å². The lowest BCUT2D eigenvalue weighted by Crippen LogP contribution is -2.10. The molecular formula is C20H16F3N7O2. The molecule has 4 aromatic heterocycles. The Labute approximate surface area is 179 Å². The lowest BCUT2D eigenvalue weighted by Gasteiger charge is -2.11. The van der Waals surface area contributed by atoms with Crippen LogP contribution in [-0.2, 0) is 6.18 Å². The Hall–Kier alpha value is -3.83. The molecule has 0 unspecified atom stereocenters. The zero-order valence-electron chi connectivity index (χ0n) is 16.9. The van der Waals surface area contributed by atoms with Crippen molar-refractivity contribution >= 4 is 5.65 Å². The van der Waals surface area contributed by atoms with E-state index in [1.54, 1.807) is 23.1 Å². The second-order valence-electron chi connectivity index (χ2n) is 7.25. The van der Waals surface area contributed by atoms with Gasteiger partial charge in [0.25, 0.3) is 0 Å². The number of aromatic nitrogens is 7. The van der Waals surface area contributed by atoms with Crippen molar-refractivity contribution in [3.8, 4) is 23.1 Å². The highest BCUT2D eigenvalue weighted by atomic mass is 19.4. The van der Waals surface area contributed by atoms with Gasteiger partial charge in [0.15, 0.2) is 5.65 Å². The molecule has 0 radical (unpaired) electrons. The summed E-state index contributed by atoms with van der Waals surface area (Å²) in [6, 6.07) is 2.05. The predicted octanol–water partition coefficient (Wildman–Crippen LogP) is 3.28. The van der Waals surface area contributed by atoms with E-state index in [1.807, 2.05) is 6.07 Å². The highest BCUT2D eigenvalue weighted by Gasteiger charge is 2.43. The number of ether oxygens (including phenoxy) is 2. The Bertz CT molecular complexity index is 1290. The fraction of sp³-hybridized carbons (Fsp3) is 0.300. The van der Waals surface area contributed by atoms with Crippen molar-refractivity contribution < 1.29 is 22.6 Å². The first-order chi connectivity index (χ1) is 15.4. The summed E-state index contributed by atoms with van der Waals surface area (Å²) in [5.74, 6) is -0.820. The fourth-order valence-electron chi connectivity index (χ4n) is 3.71. The molecule has 0 aliphatic heterocycles. The van der Waals surface area contributed by atoms with Gasteiger partial charge in [-0.3, -0.25) is 0 Å². The van der Waals surface area contributed by atoms with Gasteiger partial charge in [0, 0.05) is 36.5 Å². The van der Waals surface area contributed by atoms with Gasteiger partial charge in [-0.1, -0.05) is 0 Å². The van der Waals surface area contributed by atoms with Gasteiger partial charge >= 0.3 is 12.2 Å². The number of rotatable bonds is 5. The molecule has 4 heterocycles. The number of hydrogen-bond donors (Lipinski definition) is 0. The second kappa shape index (κ2) is 7.39. The average Bonchev–Trinajstić information content (AvgIpc) is 3.45. The van der Waals surface area contributed by atoms with Crippen LogP contribution in [0.15, 0.2) is 37.1 Å². The molecule has 1 fully saturated rings. The van der Waals surface area contributed by atoms with Crippen LogP contribution in [0.3, 0.4) is 0 Å². The number of halogens is 3. The molecule has 32 heavy (non-hydrogen) atoms. The lowest BCUT2D eigenvalue weighted by molar-refractivity contribution is -0.145. The molecule has 0 saturated heterocycles. The smallest absolute Gasteiger partial charge is 0.451 e. The molecule has 4 aromatic rings. The van der Waals surface area contributed by atoms with Crippen LogP contribution in [-0.4, -0.2) is 48.8 Å². The molecule has 1 saturated carbocycles. The molecule has 0 bridgehead atoms. The summed E-state index contributed by atoms with van der Waals surface area (Å²) in [6.07, 6.45) is 3.57. The first-order valence-corrected chi connectivity index (χ1v) is 9.58. The topological polar surface area (TPSA) is 100 Å². The first kappa shape index (κ1) is 20.1. The molecule has 0 N–H and O–H groups in total. The highest BCUT2D eigenvalue weighted by Crippen LogP contribution is 2.55. The molecule has 5 rings (SSSR count). The van der Waals surface area contributed by atoms with Crippen LogP contribution in [0.4, 0.5) is 13.2 Å². The van der Waals surface area contributed by atoms with Gasteiger partial charge in [-0.05, 0) is 29.9 Å². The minimum Gasteiger partial charge on any atom is -0.480 e. The molecule has 1 aliphatic carbocycles. The van der Waals surface area contributed by atoms with E-state index < -0.39 is 12.0 Å². The van der Waals surface area contributed by atoms with Gasteiger partial charge in [0.05, 0.1) is 25.5 Å². The number of fused-ring (bicyclic) bond motifs is 1. The fourth-order valence-corrected chi connectivity index (χ4v) is 3.71. The first-order valence-electron chi connectivity index (χ1n) is 9.58. The number of alkyl halides is 3. The minimum atomic E-state index is -4.57. The normalized spacial score (nSPS) is 18.0. The Kier molecular flexibility index (Phi) is 4.64. The van der Waals surface area contributed by atoms with Crippen LogP contribution in [0.2, 0.25) is 0 Å². The third-order valence-electron chi connectivity index (χ3n) is 5.31. The van der Waals surface area contributed by atoms with Gasteiger partial charge in [0.2, 0.25) is 11.7 Å². The molecule has 12 heteroatoms. The SMILES string of the molecule is COc1ncc(-c2cc([C@@H]3C[C@H]3c3cnc(C(F)(F)F)nc3)c3nccn3n2)c(OC)n1. The largest absolute Gasteiger partial charge is 0.480 e. The van der Waals surface area contributed by atoms with Crippen LogP contribution in [0, 0.1) is 0 Å². The summed E-state index contributed by atoms with van der Waals surface area (Å²) >= 11 is 0. The summed E-state index contributed by atoms with van der Waals surface area (Å²) in [5, 5.41) is 4.58. The second-order valence-corrected chi connectivity index (χ2v) is 7.25. The molecule has 2 atom stereocenters. The van der Waals surface area contributed by atoms with E-state index in [0.29, 0.717) is 28.3 Å². The van der Waals surface area contributed by atoms with Crippen molar-refractivity contribution in [2.24, 2.45) is 0 Å². The van der Waals surface area contributed by atoms with Crippen molar-refractivity contribution in [2.45, 2.75) is 24.4 Å². The van der Waals surface area contributed by atoms with Gasteiger partial charge in [0.1, 0.15) is 0 Å². The molecule has 0 aromatic carbocycles. The predicted molar refractivity (Wildman–Crippen MR) is 104 cm³/mol. The maximum atomic E-state index is 12.8. The third-order valence-corrected chi connectivity index (χ3v) is 5.31. The van der Waals surface area contributed by atoms with Gasteiger partial charge in [-0.25, -0.2) is 24.5 Å². The quantitative estimate of drug-likeness (QED) is 0.463. The average molecular weight is 443 g/mol. The number of hydrogen-bond acceptors (Lipinski definition) is 8. The maximum Gasteiger partial charge on any atom is 0.451 e. The van der Waals surface area contributed by atoms with E-state index >= 15 is 0 Å². The monoisotopic (exact) mass is 443 g/mol. The van der Waals surface area contributed by atoms with Crippen molar-refractivity contribution in [1.29, 1.82) is 0 Å². The molecule has 164 valence electrons. The molecule has 9 nitrogen and oxygen atoms in total. The van der Waals surface area contributed by atoms with Gasteiger partial charge in [-0.2, -0.15) is 23.3 Å². The summed E-state index contributed by atoms with van der Waals surface area (Å²) in [7, 11) is 2.95. The number of nitrogens with zero attached hydrogens (tertiary/aromatic N) is 7. The Balaban J connectivity index is 1.52. The standard InChI is InChI=1S/C20H16F3N7O2/c1-31-17-14(9-27-19(28-17)32-2)15-6-13(16-24-3-4-30(16)29-15)12-5-11(12)10-7-25-18(26-8-10)20(21,22)23/h3-4,6-9,11-12H,5H2,1-2H3/t11-,12+/m0/s1. The van der Waals surface area contributed by atoms with Crippen molar-refractivity contribution in [3.05, 3.63) is 54.0 Å². The van der Waals surface area contributed by atoms with E-state index in [1.165, 1.54) is 26.6 Å². The molecule has 1 aliphatic rings. The zero-order valence-corrected chi connectivity index (χ0v) is 16.9. The van der Waals surface area contributed by atoms with E-state index in [2.05, 4.69) is 30.0 Å². The Morgan fingerprint density at radius 1 is 1.00 bits per heavy atom. The number of methoxy groups -OCH3 is 2. The van der Waals surface area contributed by atoms with Crippen molar-refractivity contribution in [1.82, 2.24) is 34.5 Å². The number of imidazole rings is 1. The Morgan fingerprint density at radius 3 is 2.47 bits per heavy atom. The van der Waals surface area contributed by atoms with E-state index in [9.17, 15) is 13.2 Å². The van der Waals surface area contributed by atoms with Crippen LogP contribution in [0.25, 0.3) is 16.9 Å². The highest BCUT2D eigenvalue weighted by molar-refractivity contribution is 5.68. The van der Waals surface area contributed by atoms with Crippen LogP contribution in [0.1, 0.15) is 35.2 Å². The summed E-state index contributed by atoms with van der Waals surface area (Å²) < 4.78 is 50.4. The third kappa shape index (κ3) is 3.47.